The maximum atomic E-state index is 13.2. The Morgan fingerprint density at radius 3 is 2.83 bits per heavy atom. The van der Waals surface area contributed by atoms with E-state index in [-0.39, 0.29) is 23.5 Å². The van der Waals surface area contributed by atoms with Gasteiger partial charge in [-0.05, 0) is 55.5 Å². The SMILES string of the molecule is CSCCC(NC(=O)c1ccco1)C(=O)N1CCCC(COc2ccccc2)C1. The molecule has 7 heteroatoms. The molecule has 1 aromatic carbocycles. The molecule has 2 amide bonds. The van der Waals surface area contributed by atoms with Gasteiger partial charge in [0.15, 0.2) is 5.76 Å². The van der Waals surface area contributed by atoms with E-state index < -0.39 is 6.04 Å². The molecular weight excluding hydrogens is 388 g/mol. The second-order valence-corrected chi connectivity index (χ2v) is 8.19. The van der Waals surface area contributed by atoms with E-state index in [9.17, 15) is 9.59 Å². The van der Waals surface area contributed by atoms with Crippen molar-refractivity contribution in [2.24, 2.45) is 5.92 Å². The predicted molar refractivity (Wildman–Crippen MR) is 114 cm³/mol. The Kier molecular flexibility index (Phi) is 8.04. The Bertz CT molecular complexity index is 766. The topological polar surface area (TPSA) is 71.8 Å². The largest absolute Gasteiger partial charge is 0.493 e. The van der Waals surface area contributed by atoms with Crippen molar-refractivity contribution < 1.29 is 18.7 Å². The molecule has 0 spiro atoms. The highest BCUT2D eigenvalue weighted by molar-refractivity contribution is 7.98. The van der Waals surface area contributed by atoms with Crippen molar-refractivity contribution >= 4 is 23.6 Å². The summed E-state index contributed by atoms with van der Waals surface area (Å²) in [7, 11) is 0. The van der Waals surface area contributed by atoms with E-state index in [0.29, 0.717) is 26.1 Å². The van der Waals surface area contributed by atoms with Crippen molar-refractivity contribution in [1.82, 2.24) is 10.2 Å². The maximum absolute atomic E-state index is 13.2. The van der Waals surface area contributed by atoms with E-state index in [1.807, 2.05) is 41.5 Å². The van der Waals surface area contributed by atoms with Gasteiger partial charge in [0.05, 0.1) is 12.9 Å². The molecule has 2 heterocycles. The third-order valence-corrected chi connectivity index (χ3v) is 5.66. The average molecular weight is 417 g/mol. The summed E-state index contributed by atoms with van der Waals surface area (Å²) in [6, 6.07) is 12.4. The molecule has 0 radical (unpaired) electrons. The number of thioether (sulfide) groups is 1. The lowest BCUT2D eigenvalue weighted by Gasteiger charge is -2.35. The molecule has 0 bridgehead atoms. The standard InChI is InChI=1S/C22H28N2O4S/c1-29-14-11-19(23-21(25)20-10-6-13-27-20)22(26)24-12-5-7-17(15-24)16-28-18-8-3-2-4-9-18/h2-4,6,8-10,13,17,19H,5,7,11-12,14-16H2,1H3,(H,23,25). The minimum atomic E-state index is -0.547. The lowest BCUT2D eigenvalue weighted by Crippen LogP contribution is -2.52. The second kappa shape index (κ2) is 11.0. The Hall–Kier alpha value is -2.41. The van der Waals surface area contributed by atoms with Crippen LogP contribution >= 0.6 is 11.8 Å². The summed E-state index contributed by atoms with van der Waals surface area (Å²) in [5, 5.41) is 2.86. The first-order chi connectivity index (χ1) is 14.2. The van der Waals surface area contributed by atoms with Crippen molar-refractivity contribution in [2.75, 3.05) is 31.7 Å². The van der Waals surface area contributed by atoms with Crippen LogP contribution in [0.15, 0.2) is 53.1 Å². The van der Waals surface area contributed by atoms with Gasteiger partial charge in [0.2, 0.25) is 5.91 Å². The van der Waals surface area contributed by atoms with Gasteiger partial charge in [0.1, 0.15) is 11.8 Å². The first-order valence-corrected chi connectivity index (χ1v) is 11.4. The van der Waals surface area contributed by atoms with Crippen LogP contribution in [0.5, 0.6) is 5.75 Å². The number of para-hydroxylation sites is 1. The third kappa shape index (κ3) is 6.29. The monoisotopic (exact) mass is 416 g/mol. The highest BCUT2D eigenvalue weighted by Gasteiger charge is 2.30. The molecule has 2 aromatic rings. The van der Waals surface area contributed by atoms with Crippen LogP contribution in [0.2, 0.25) is 0 Å². The summed E-state index contributed by atoms with van der Waals surface area (Å²) in [5.74, 6) is 1.77. The van der Waals surface area contributed by atoms with Crippen LogP contribution in [0, 0.1) is 5.92 Å². The van der Waals surface area contributed by atoms with Crippen LogP contribution in [0.1, 0.15) is 29.8 Å². The lowest BCUT2D eigenvalue weighted by atomic mass is 9.98. The summed E-state index contributed by atoms with van der Waals surface area (Å²) in [6.07, 6.45) is 6.01. The van der Waals surface area contributed by atoms with Crippen LogP contribution < -0.4 is 10.1 Å². The first-order valence-electron chi connectivity index (χ1n) is 9.97. The molecule has 2 atom stereocenters. The van der Waals surface area contributed by atoms with Gasteiger partial charge in [0, 0.05) is 19.0 Å². The molecule has 0 aliphatic carbocycles. The number of nitrogens with zero attached hydrogens (tertiary/aromatic N) is 1. The van der Waals surface area contributed by atoms with Gasteiger partial charge in [0.25, 0.3) is 5.91 Å². The van der Waals surface area contributed by atoms with Crippen molar-refractivity contribution in [3.8, 4) is 5.75 Å². The fourth-order valence-corrected chi connectivity index (χ4v) is 3.95. The Morgan fingerprint density at radius 2 is 2.10 bits per heavy atom. The molecule has 2 unspecified atom stereocenters. The van der Waals surface area contributed by atoms with Crippen LogP contribution in [-0.2, 0) is 4.79 Å². The van der Waals surface area contributed by atoms with Gasteiger partial charge < -0.3 is 19.4 Å². The van der Waals surface area contributed by atoms with Crippen LogP contribution in [0.4, 0.5) is 0 Å². The third-order valence-electron chi connectivity index (χ3n) is 5.02. The molecule has 1 aliphatic rings. The zero-order valence-corrected chi connectivity index (χ0v) is 17.5. The molecule has 1 N–H and O–H groups in total. The Morgan fingerprint density at radius 1 is 1.28 bits per heavy atom. The summed E-state index contributed by atoms with van der Waals surface area (Å²) in [5.41, 5.74) is 0. The van der Waals surface area contributed by atoms with E-state index in [4.69, 9.17) is 9.15 Å². The molecule has 1 aliphatic heterocycles. The number of rotatable bonds is 9. The molecular formula is C22H28N2O4S. The van der Waals surface area contributed by atoms with E-state index in [1.54, 1.807) is 23.9 Å². The quantitative estimate of drug-likeness (QED) is 0.678. The van der Waals surface area contributed by atoms with E-state index >= 15 is 0 Å². The first kappa shape index (κ1) is 21.3. The number of amides is 2. The molecule has 1 fully saturated rings. The highest BCUT2D eigenvalue weighted by atomic mass is 32.2. The molecule has 1 saturated heterocycles. The second-order valence-electron chi connectivity index (χ2n) is 7.20. The maximum Gasteiger partial charge on any atom is 0.287 e. The molecule has 29 heavy (non-hydrogen) atoms. The van der Waals surface area contributed by atoms with Crippen molar-refractivity contribution in [2.45, 2.75) is 25.3 Å². The molecule has 1 aromatic heterocycles. The van der Waals surface area contributed by atoms with Gasteiger partial charge in [-0.25, -0.2) is 0 Å². The van der Waals surface area contributed by atoms with E-state index in [0.717, 1.165) is 24.3 Å². The molecule has 6 nitrogen and oxygen atoms in total. The van der Waals surface area contributed by atoms with Gasteiger partial charge in [-0.3, -0.25) is 9.59 Å². The lowest BCUT2D eigenvalue weighted by molar-refractivity contribution is -0.135. The fraction of sp³-hybridized carbons (Fsp3) is 0.455. The van der Waals surface area contributed by atoms with E-state index in [2.05, 4.69) is 5.32 Å². The van der Waals surface area contributed by atoms with Crippen molar-refractivity contribution in [3.63, 3.8) is 0 Å². The molecule has 0 saturated carbocycles. The number of nitrogens with one attached hydrogen (secondary N) is 1. The van der Waals surface area contributed by atoms with Crippen LogP contribution in [-0.4, -0.2) is 54.5 Å². The van der Waals surface area contributed by atoms with Crippen molar-refractivity contribution in [3.05, 3.63) is 54.5 Å². The average Bonchev–Trinajstić information content (AvgIpc) is 3.31. The summed E-state index contributed by atoms with van der Waals surface area (Å²) >= 11 is 1.66. The Balaban J connectivity index is 1.57. The van der Waals surface area contributed by atoms with Crippen molar-refractivity contribution in [1.29, 1.82) is 0 Å². The number of hydrogen-bond donors (Lipinski definition) is 1. The fourth-order valence-electron chi connectivity index (χ4n) is 3.48. The smallest absolute Gasteiger partial charge is 0.287 e. The number of piperidine rings is 1. The van der Waals surface area contributed by atoms with Gasteiger partial charge in [-0.2, -0.15) is 11.8 Å². The normalized spacial score (nSPS) is 17.6. The Labute approximate surface area is 176 Å². The summed E-state index contributed by atoms with van der Waals surface area (Å²) in [4.78, 5) is 27.4. The van der Waals surface area contributed by atoms with E-state index in [1.165, 1.54) is 6.26 Å². The number of ether oxygens (including phenoxy) is 1. The van der Waals surface area contributed by atoms with Crippen LogP contribution in [0.25, 0.3) is 0 Å². The predicted octanol–water partition coefficient (Wildman–Crippen LogP) is 3.45. The number of carbonyl (C=O) groups excluding carboxylic acids is 2. The number of benzene rings is 1. The number of likely N-dealkylation sites (tertiary alicyclic amines) is 1. The number of hydrogen-bond acceptors (Lipinski definition) is 5. The zero-order valence-electron chi connectivity index (χ0n) is 16.7. The minimum absolute atomic E-state index is 0.0247. The molecule has 156 valence electrons. The van der Waals surface area contributed by atoms with Gasteiger partial charge in [-0.15, -0.1) is 0 Å². The van der Waals surface area contributed by atoms with Gasteiger partial charge in [-0.1, -0.05) is 18.2 Å². The summed E-state index contributed by atoms with van der Waals surface area (Å²) < 4.78 is 11.0. The zero-order chi connectivity index (χ0) is 20.5. The molecule has 3 rings (SSSR count). The highest BCUT2D eigenvalue weighted by Crippen LogP contribution is 2.20. The van der Waals surface area contributed by atoms with Gasteiger partial charge >= 0.3 is 0 Å². The van der Waals surface area contributed by atoms with Crippen LogP contribution in [0.3, 0.4) is 0 Å². The number of furan rings is 1. The number of carbonyl (C=O) groups is 2. The summed E-state index contributed by atoms with van der Waals surface area (Å²) in [6.45, 7) is 1.95. The minimum Gasteiger partial charge on any atom is -0.493 e.